The zero-order valence-electron chi connectivity index (χ0n) is 17.0. The molecule has 6 nitrogen and oxygen atoms in total. The molecule has 1 N–H and O–H groups in total. The largest absolute Gasteiger partial charge is 0.338 e. The second-order valence-electron chi connectivity index (χ2n) is 8.38. The van der Waals surface area contributed by atoms with Crippen LogP contribution in [0.15, 0.2) is 53.5 Å². The number of aryl methyl sites for hydroxylation is 2. The van der Waals surface area contributed by atoms with Crippen LogP contribution in [0.4, 0.5) is 0 Å². The smallest absolute Gasteiger partial charge is 0.261 e. The third-order valence-corrected chi connectivity index (χ3v) is 6.45. The summed E-state index contributed by atoms with van der Waals surface area (Å²) >= 11 is 0. The second kappa shape index (κ2) is 7.20. The van der Waals surface area contributed by atoms with Gasteiger partial charge in [0.15, 0.2) is 0 Å². The molecule has 1 aromatic carbocycles. The summed E-state index contributed by atoms with van der Waals surface area (Å²) in [6.07, 6.45) is 5.79. The number of benzene rings is 1. The summed E-state index contributed by atoms with van der Waals surface area (Å²) in [5, 5.41) is 0. The first-order chi connectivity index (χ1) is 14.6. The van der Waals surface area contributed by atoms with Gasteiger partial charge in [-0.25, -0.2) is 9.97 Å². The van der Waals surface area contributed by atoms with Crippen LogP contribution in [0.2, 0.25) is 0 Å². The molecular formula is C24H24N4O2. The van der Waals surface area contributed by atoms with Crippen LogP contribution in [0, 0.1) is 6.92 Å². The van der Waals surface area contributed by atoms with Gasteiger partial charge in [-0.2, -0.15) is 0 Å². The molecule has 1 atom stereocenters. The van der Waals surface area contributed by atoms with Gasteiger partial charge in [-0.1, -0.05) is 30.3 Å². The molecular weight excluding hydrogens is 376 g/mol. The highest BCUT2D eigenvalue weighted by Crippen LogP contribution is 2.44. The van der Waals surface area contributed by atoms with E-state index in [2.05, 4.69) is 9.97 Å². The normalized spacial score (nSPS) is 20.4. The van der Waals surface area contributed by atoms with E-state index in [0.717, 1.165) is 42.8 Å². The summed E-state index contributed by atoms with van der Waals surface area (Å²) in [7, 11) is 0. The Kier molecular flexibility index (Phi) is 4.50. The first-order valence-corrected chi connectivity index (χ1v) is 10.5. The SMILES string of the molecule is Cc1ncc2c(n1)C1(CCCN(C(=O)c3ccc(-c4ccccc4)[nH]c3=O)C1)CC2. The number of hydrogen-bond donors (Lipinski definition) is 1. The summed E-state index contributed by atoms with van der Waals surface area (Å²) < 4.78 is 0. The molecule has 1 unspecified atom stereocenters. The molecule has 0 radical (unpaired) electrons. The molecule has 30 heavy (non-hydrogen) atoms. The standard InChI is InChI=1S/C24H24N4O2/c1-16-25-14-18-10-12-24(21(18)26-16)11-5-13-28(15-24)23(30)19-8-9-20(27-22(19)29)17-6-3-2-4-7-17/h2-4,6-9,14H,5,10-13,15H2,1H3,(H,27,29). The number of hydrogen-bond acceptors (Lipinski definition) is 4. The third kappa shape index (κ3) is 3.12. The van der Waals surface area contributed by atoms with Gasteiger partial charge in [-0.3, -0.25) is 9.59 Å². The van der Waals surface area contributed by atoms with Crippen molar-refractivity contribution in [1.29, 1.82) is 0 Å². The molecule has 3 heterocycles. The number of nitrogens with zero attached hydrogens (tertiary/aromatic N) is 3. The maximum absolute atomic E-state index is 13.3. The summed E-state index contributed by atoms with van der Waals surface area (Å²) in [6, 6.07) is 13.1. The quantitative estimate of drug-likeness (QED) is 0.716. The van der Waals surface area contributed by atoms with Crippen molar-refractivity contribution >= 4 is 5.91 Å². The highest BCUT2D eigenvalue weighted by atomic mass is 16.2. The van der Waals surface area contributed by atoms with Gasteiger partial charge in [0.1, 0.15) is 11.4 Å². The fourth-order valence-electron chi connectivity index (χ4n) is 4.93. The van der Waals surface area contributed by atoms with Crippen molar-refractivity contribution < 1.29 is 4.79 Å². The van der Waals surface area contributed by atoms with E-state index < -0.39 is 0 Å². The van der Waals surface area contributed by atoms with Crippen molar-refractivity contribution in [3.05, 3.63) is 81.7 Å². The lowest BCUT2D eigenvalue weighted by molar-refractivity contribution is 0.0631. The summed E-state index contributed by atoms with van der Waals surface area (Å²) in [5.41, 5.74) is 3.66. The Bertz CT molecular complexity index is 1170. The molecule has 2 aliphatic rings. The van der Waals surface area contributed by atoms with Crippen molar-refractivity contribution in [1.82, 2.24) is 19.9 Å². The van der Waals surface area contributed by atoms with Gasteiger partial charge < -0.3 is 9.88 Å². The van der Waals surface area contributed by atoms with E-state index >= 15 is 0 Å². The Morgan fingerprint density at radius 3 is 2.77 bits per heavy atom. The minimum absolute atomic E-state index is 0.117. The maximum Gasteiger partial charge on any atom is 0.261 e. The number of carbonyl (C=O) groups is 1. The van der Waals surface area contributed by atoms with Crippen LogP contribution in [0.1, 0.15) is 46.7 Å². The second-order valence-corrected chi connectivity index (χ2v) is 8.38. The lowest BCUT2D eigenvalue weighted by atomic mass is 9.77. The summed E-state index contributed by atoms with van der Waals surface area (Å²) in [4.78, 5) is 39.8. The molecule has 1 aliphatic heterocycles. The van der Waals surface area contributed by atoms with E-state index in [0.29, 0.717) is 18.8 Å². The molecule has 1 spiro atoms. The van der Waals surface area contributed by atoms with Crippen molar-refractivity contribution in [3.8, 4) is 11.3 Å². The van der Waals surface area contributed by atoms with Crippen LogP contribution >= 0.6 is 0 Å². The van der Waals surface area contributed by atoms with Gasteiger partial charge in [-0.15, -0.1) is 0 Å². The zero-order chi connectivity index (χ0) is 20.7. The number of pyridine rings is 1. The molecule has 6 heteroatoms. The molecule has 5 rings (SSSR count). The summed E-state index contributed by atoms with van der Waals surface area (Å²) in [5.74, 6) is 0.570. The van der Waals surface area contributed by atoms with Gasteiger partial charge in [0, 0.05) is 30.4 Å². The van der Waals surface area contributed by atoms with Gasteiger partial charge in [-0.05, 0) is 55.9 Å². The number of nitrogens with one attached hydrogen (secondary N) is 1. The molecule has 1 amide bonds. The van der Waals surface area contributed by atoms with Crippen molar-refractivity contribution in [2.75, 3.05) is 13.1 Å². The fourth-order valence-corrected chi connectivity index (χ4v) is 4.93. The average molecular weight is 400 g/mol. The van der Waals surface area contributed by atoms with Gasteiger partial charge in [0.05, 0.1) is 5.69 Å². The van der Waals surface area contributed by atoms with E-state index in [-0.39, 0.29) is 22.4 Å². The molecule has 2 aromatic heterocycles. The monoisotopic (exact) mass is 400 g/mol. The van der Waals surface area contributed by atoms with E-state index in [9.17, 15) is 9.59 Å². The van der Waals surface area contributed by atoms with Crippen LogP contribution in [0.25, 0.3) is 11.3 Å². The zero-order valence-corrected chi connectivity index (χ0v) is 17.0. The third-order valence-electron chi connectivity index (χ3n) is 6.45. The van der Waals surface area contributed by atoms with Crippen LogP contribution in [-0.2, 0) is 11.8 Å². The van der Waals surface area contributed by atoms with Crippen LogP contribution in [0.3, 0.4) is 0 Å². The van der Waals surface area contributed by atoms with Gasteiger partial charge in [0.2, 0.25) is 0 Å². The predicted molar refractivity (Wildman–Crippen MR) is 114 cm³/mol. The van der Waals surface area contributed by atoms with Crippen molar-refractivity contribution in [3.63, 3.8) is 0 Å². The molecule has 0 bridgehead atoms. The average Bonchev–Trinajstić information content (AvgIpc) is 3.10. The molecule has 1 saturated heterocycles. The van der Waals surface area contributed by atoms with Gasteiger partial charge >= 0.3 is 0 Å². The van der Waals surface area contributed by atoms with E-state index in [1.165, 1.54) is 5.56 Å². The molecule has 152 valence electrons. The minimum atomic E-state index is -0.342. The fraction of sp³-hybridized carbons (Fsp3) is 0.333. The Labute approximate surface area is 175 Å². The molecule has 1 aliphatic carbocycles. The molecule has 1 fully saturated rings. The van der Waals surface area contributed by atoms with Crippen LogP contribution in [-0.4, -0.2) is 38.8 Å². The van der Waals surface area contributed by atoms with E-state index in [1.807, 2.05) is 54.4 Å². The lowest BCUT2D eigenvalue weighted by Gasteiger charge is -2.40. The van der Waals surface area contributed by atoms with Gasteiger partial charge in [0.25, 0.3) is 11.5 Å². The van der Waals surface area contributed by atoms with Crippen molar-refractivity contribution in [2.45, 2.75) is 38.0 Å². The number of amides is 1. The predicted octanol–water partition coefficient (Wildman–Crippen LogP) is 3.26. The Hall–Kier alpha value is -3.28. The van der Waals surface area contributed by atoms with Crippen molar-refractivity contribution in [2.24, 2.45) is 0 Å². The van der Waals surface area contributed by atoms with E-state index in [4.69, 9.17) is 4.98 Å². The minimum Gasteiger partial charge on any atom is -0.338 e. The molecule has 3 aromatic rings. The Morgan fingerprint density at radius 2 is 1.97 bits per heavy atom. The number of likely N-dealkylation sites (tertiary alicyclic amines) is 1. The highest BCUT2D eigenvalue weighted by Gasteiger charge is 2.44. The topological polar surface area (TPSA) is 79.0 Å². The molecule has 0 saturated carbocycles. The van der Waals surface area contributed by atoms with Crippen LogP contribution < -0.4 is 5.56 Å². The number of rotatable bonds is 2. The first kappa shape index (κ1) is 18.7. The Morgan fingerprint density at radius 1 is 1.13 bits per heavy atom. The summed E-state index contributed by atoms with van der Waals surface area (Å²) in [6.45, 7) is 3.18. The number of piperidine rings is 1. The highest BCUT2D eigenvalue weighted by molar-refractivity contribution is 5.94. The number of aromatic nitrogens is 3. The van der Waals surface area contributed by atoms with E-state index in [1.54, 1.807) is 6.07 Å². The number of H-pyrrole nitrogens is 1. The maximum atomic E-state index is 13.3. The first-order valence-electron chi connectivity index (χ1n) is 10.5. The Balaban J connectivity index is 1.42. The number of carbonyl (C=O) groups excluding carboxylic acids is 1. The number of aromatic amines is 1. The number of fused-ring (bicyclic) bond motifs is 2. The lowest BCUT2D eigenvalue weighted by Crippen LogP contribution is -2.48. The van der Waals surface area contributed by atoms with Crippen LogP contribution in [0.5, 0.6) is 0 Å².